The van der Waals surface area contributed by atoms with E-state index in [1.807, 2.05) is 4.68 Å². The zero-order chi connectivity index (χ0) is 11.4. The Morgan fingerprint density at radius 2 is 2.25 bits per heavy atom. The lowest BCUT2D eigenvalue weighted by Gasteiger charge is -2.22. The van der Waals surface area contributed by atoms with E-state index in [9.17, 15) is 0 Å². The molecule has 0 bridgehead atoms. The van der Waals surface area contributed by atoms with Gasteiger partial charge in [-0.2, -0.15) is 5.10 Å². The van der Waals surface area contributed by atoms with Gasteiger partial charge in [0.25, 0.3) is 0 Å². The van der Waals surface area contributed by atoms with Crippen molar-refractivity contribution in [3.63, 3.8) is 0 Å². The van der Waals surface area contributed by atoms with Crippen molar-refractivity contribution in [3.05, 3.63) is 18.0 Å². The minimum atomic E-state index is 0.178. The molecule has 1 aromatic heterocycles. The molecule has 3 nitrogen and oxygen atoms in total. The van der Waals surface area contributed by atoms with Crippen molar-refractivity contribution in [1.82, 2.24) is 9.78 Å². The molecule has 1 aromatic rings. The number of ether oxygens (including phenoxy) is 1. The molecule has 1 unspecified atom stereocenters. The molecule has 3 heteroatoms. The number of nitrogens with zero attached hydrogens (tertiary/aromatic N) is 2. The summed E-state index contributed by atoms with van der Waals surface area (Å²) in [5.74, 6) is 0.602. The SMILES string of the molecule is CCC(CC)c1ccn(C2CCCCO2)n1. The molecule has 1 aliphatic rings. The molecule has 1 aliphatic heterocycles. The Labute approximate surface area is 97.8 Å². The summed E-state index contributed by atoms with van der Waals surface area (Å²) in [6, 6.07) is 2.15. The zero-order valence-electron chi connectivity index (χ0n) is 10.4. The molecule has 0 aromatic carbocycles. The van der Waals surface area contributed by atoms with Gasteiger partial charge in [-0.25, -0.2) is 4.68 Å². The molecular formula is C13H22N2O. The fraction of sp³-hybridized carbons (Fsp3) is 0.769. The van der Waals surface area contributed by atoms with E-state index in [2.05, 4.69) is 31.2 Å². The normalized spacial score (nSPS) is 21.6. The van der Waals surface area contributed by atoms with Crippen molar-refractivity contribution < 1.29 is 4.74 Å². The third kappa shape index (κ3) is 2.46. The van der Waals surface area contributed by atoms with Crippen LogP contribution in [-0.4, -0.2) is 16.4 Å². The van der Waals surface area contributed by atoms with Gasteiger partial charge in [-0.1, -0.05) is 13.8 Å². The minimum absolute atomic E-state index is 0.178. The van der Waals surface area contributed by atoms with E-state index in [-0.39, 0.29) is 6.23 Å². The van der Waals surface area contributed by atoms with Crippen LogP contribution in [0, 0.1) is 0 Å². The Hall–Kier alpha value is -0.830. The van der Waals surface area contributed by atoms with Gasteiger partial charge in [0.2, 0.25) is 0 Å². The summed E-state index contributed by atoms with van der Waals surface area (Å²) in [7, 11) is 0. The Balaban J connectivity index is 2.05. The Bertz CT molecular complexity index is 311. The number of hydrogen-bond acceptors (Lipinski definition) is 2. The lowest BCUT2D eigenvalue weighted by atomic mass is 10.0. The maximum Gasteiger partial charge on any atom is 0.150 e. The van der Waals surface area contributed by atoms with Crippen LogP contribution in [0.25, 0.3) is 0 Å². The predicted molar refractivity (Wildman–Crippen MR) is 64.4 cm³/mol. The van der Waals surface area contributed by atoms with Crippen LogP contribution < -0.4 is 0 Å². The standard InChI is InChI=1S/C13H22N2O/c1-3-11(4-2)12-8-9-15(14-12)13-7-5-6-10-16-13/h8-9,11,13H,3-7,10H2,1-2H3. The van der Waals surface area contributed by atoms with Crippen molar-refractivity contribution in [2.75, 3.05) is 6.61 Å². The summed E-state index contributed by atoms with van der Waals surface area (Å²) in [4.78, 5) is 0. The molecule has 0 spiro atoms. The molecule has 16 heavy (non-hydrogen) atoms. The van der Waals surface area contributed by atoms with Crippen LogP contribution in [0.15, 0.2) is 12.3 Å². The highest BCUT2D eigenvalue weighted by molar-refractivity contribution is 5.06. The molecule has 1 saturated heterocycles. The summed E-state index contributed by atoms with van der Waals surface area (Å²) >= 11 is 0. The van der Waals surface area contributed by atoms with E-state index in [0.717, 1.165) is 13.0 Å². The van der Waals surface area contributed by atoms with Crippen LogP contribution in [0.1, 0.15) is 63.8 Å². The number of hydrogen-bond donors (Lipinski definition) is 0. The Morgan fingerprint density at radius 3 is 2.88 bits per heavy atom. The van der Waals surface area contributed by atoms with Crippen LogP contribution >= 0.6 is 0 Å². The van der Waals surface area contributed by atoms with Crippen molar-refractivity contribution >= 4 is 0 Å². The van der Waals surface area contributed by atoms with Crippen molar-refractivity contribution in [2.24, 2.45) is 0 Å². The second-order valence-electron chi connectivity index (χ2n) is 4.56. The van der Waals surface area contributed by atoms with Gasteiger partial charge < -0.3 is 4.74 Å². The average molecular weight is 222 g/mol. The van der Waals surface area contributed by atoms with Gasteiger partial charge in [0.15, 0.2) is 0 Å². The van der Waals surface area contributed by atoms with Gasteiger partial charge in [-0.3, -0.25) is 0 Å². The number of rotatable bonds is 4. The summed E-state index contributed by atoms with van der Waals surface area (Å²) < 4.78 is 7.73. The van der Waals surface area contributed by atoms with Gasteiger partial charge in [-0.05, 0) is 38.2 Å². The quantitative estimate of drug-likeness (QED) is 0.779. The Morgan fingerprint density at radius 1 is 1.44 bits per heavy atom. The predicted octanol–water partition coefficient (Wildman–Crippen LogP) is 3.49. The van der Waals surface area contributed by atoms with Crippen molar-refractivity contribution in [3.8, 4) is 0 Å². The van der Waals surface area contributed by atoms with Crippen LogP contribution in [0.4, 0.5) is 0 Å². The van der Waals surface area contributed by atoms with Gasteiger partial charge in [0, 0.05) is 18.7 Å². The highest BCUT2D eigenvalue weighted by Gasteiger charge is 2.18. The van der Waals surface area contributed by atoms with E-state index in [4.69, 9.17) is 4.74 Å². The van der Waals surface area contributed by atoms with Gasteiger partial charge >= 0.3 is 0 Å². The topological polar surface area (TPSA) is 27.1 Å². The molecule has 0 aliphatic carbocycles. The fourth-order valence-electron chi connectivity index (χ4n) is 2.37. The van der Waals surface area contributed by atoms with Crippen LogP contribution in [0.3, 0.4) is 0 Å². The van der Waals surface area contributed by atoms with Crippen molar-refractivity contribution in [1.29, 1.82) is 0 Å². The molecule has 1 atom stereocenters. The maximum atomic E-state index is 5.72. The van der Waals surface area contributed by atoms with E-state index in [1.54, 1.807) is 0 Å². The number of aromatic nitrogens is 2. The lowest BCUT2D eigenvalue weighted by molar-refractivity contribution is -0.0397. The third-order valence-corrected chi connectivity index (χ3v) is 3.48. The van der Waals surface area contributed by atoms with Crippen molar-refractivity contribution in [2.45, 2.75) is 58.1 Å². The monoisotopic (exact) mass is 222 g/mol. The highest BCUT2D eigenvalue weighted by Crippen LogP contribution is 2.25. The third-order valence-electron chi connectivity index (χ3n) is 3.48. The fourth-order valence-corrected chi connectivity index (χ4v) is 2.37. The summed E-state index contributed by atoms with van der Waals surface area (Å²) in [6.07, 6.45) is 8.13. The molecule has 0 amide bonds. The first kappa shape index (κ1) is 11.6. The summed E-state index contributed by atoms with van der Waals surface area (Å²) in [6.45, 7) is 5.33. The Kier molecular flexibility index (Phi) is 3.99. The molecule has 1 fully saturated rings. The first-order chi connectivity index (χ1) is 7.85. The van der Waals surface area contributed by atoms with E-state index in [1.165, 1.54) is 31.4 Å². The lowest BCUT2D eigenvalue weighted by Crippen LogP contribution is -2.18. The van der Waals surface area contributed by atoms with E-state index >= 15 is 0 Å². The molecule has 2 rings (SSSR count). The van der Waals surface area contributed by atoms with Crippen LogP contribution in [0.2, 0.25) is 0 Å². The summed E-state index contributed by atoms with van der Waals surface area (Å²) in [5, 5.41) is 4.67. The molecule has 0 saturated carbocycles. The highest BCUT2D eigenvalue weighted by atomic mass is 16.5. The van der Waals surface area contributed by atoms with Gasteiger partial charge in [0.1, 0.15) is 6.23 Å². The first-order valence-corrected chi connectivity index (χ1v) is 6.51. The van der Waals surface area contributed by atoms with E-state index < -0.39 is 0 Å². The zero-order valence-corrected chi connectivity index (χ0v) is 10.4. The second kappa shape index (κ2) is 5.48. The summed E-state index contributed by atoms with van der Waals surface area (Å²) in [5.41, 5.74) is 1.22. The molecule has 0 N–H and O–H groups in total. The van der Waals surface area contributed by atoms with E-state index in [0.29, 0.717) is 5.92 Å². The molecule has 90 valence electrons. The minimum Gasteiger partial charge on any atom is -0.357 e. The van der Waals surface area contributed by atoms with Gasteiger partial charge in [-0.15, -0.1) is 0 Å². The molecule has 0 radical (unpaired) electrons. The van der Waals surface area contributed by atoms with Crippen LogP contribution in [-0.2, 0) is 4.74 Å². The second-order valence-corrected chi connectivity index (χ2v) is 4.56. The average Bonchev–Trinajstić information content (AvgIpc) is 2.81. The molecular weight excluding hydrogens is 200 g/mol. The largest absolute Gasteiger partial charge is 0.357 e. The maximum absolute atomic E-state index is 5.72. The van der Waals surface area contributed by atoms with Gasteiger partial charge in [0.05, 0.1) is 5.69 Å². The smallest absolute Gasteiger partial charge is 0.150 e. The van der Waals surface area contributed by atoms with Crippen LogP contribution in [0.5, 0.6) is 0 Å². The first-order valence-electron chi connectivity index (χ1n) is 6.51. The molecule has 2 heterocycles.